The van der Waals surface area contributed by atoms with Crippen LogP contribution < -0.4 is 10.4 Å². The van der Waals surface area contributed by atoms with Gasteiger partial charge in [0.25, 0.3) is 0 Å². The third kappa shape index (κ3) is 5.44. The van der Waals surface area contributed by atoms with E-state index in [2.05, 4.69) is 11.6 Å². The number of rotatable bonds is 3. The van der Waals surface area contributed by atoms with Crippen LogP contribution in [0.1, 0.15) is 37.5 Å². The lowest BCUT2D eigenvalue weighted by atomic mass is 10.0. The minimum atomic E-state index is -0.0496. The minimum absolute atomic E-state index is 0.0496. The average Bonchev–Trinajstić information content (AvgIpc) is 2.62. The first-order chi connectivity index (χ1) is 12.0. The van der Waals surface area contributed by atoms with E-state index in [1.807, 2.05) is 64.1 Å². The second-order valence-electron chi connectivity index (χ2n) is 5.54. The highest BCUT2D eigenvalue weighted by molar-refractivity contribution is 5.85. The largest absolute Gasteiger partial charge is 0.506 e. The molecule has 0 aliphatic rings. The molecular weight excluding hydrogens is 310 g/mol. The molecule has 0 unspecified atom stereocenters. The quantitative estimate of drug-likeness (QED) is 0.662. The van der Waals surface area contributed by atoms with E-state index in [1.165, 1.54) is 0 Å². The van der Waals surface area contributed by atoms with Crippen LogP contribution in [0, 0.1) is 6.92 Å². The first-order valence-electron chi connectivity index (χ1n) is 8.28. The van der Waals surface area contributed by atoms with E-state index in [0.717, 1.165) is 27.1 Å². The van der Waals surface area contributed by atoms with Crippen LogP contribution in [0.4, 0.5) is 5.69 Å². The molecule has 0 atom stereocenters. The number of phenolic OH excluding ortho intramolecular Hbond substituents is 1. The number of hydrogen-bond donors (Lipinski definition) is 2. The number of aliphatic imine (C=N–C) groups is 1. The van der Waals surface area contributed by atoms with Gasteiger partial charge in [-0.05, 0) is 61.4 Å². The summed E-state index contributed by atoms with van der Waals surface area (Å²) in [5.41, 5.74) is 3.25. The molecule has 0 aliphatic carbocycles. The predicted molar refractivity (Wildman–Crippen MR) is 108 cm³/mol. The molecule has 2 rings (SSSR count). The molecule has 25 heavy (non-hydrogen) atoms. The van der Waals surface area contributed by atoms with Crippen molar-refractivity contribution in [2.45, 2.75) is 34.3 Å². The van der Waals surface area contributed by atoms with Gasteiger partial charge in [-0.3, -0.25) is 4.99 Å². The van der Waals surface area contributed by atoms with Crippen LogP contribution in [-0.4, -0.2) is 16.4 Å². The van der Waals surface area contributed by atoms with Gasteiger partial charge in [0.1, 0.15) is 11.4 Å². The van der Waals surface area contributed by atoms with Crippen molar-refractivity contribution in [2.24, 2.45) is 4.99 Å². The maximum Gasteiger partial charge on any atom is 0.141 e. The zero-order chi connectivity index (χ0) is 18.8. The smallest absolute Gasteiger partial charge is 0.141 e. The molecule has 0 fully saturated rings. The summed E-state index contributed by atoms with van der Waals surface area (Å²) in [5.74, 6) is 0.146. The highest BCUT2D eigenvalue weighted by Crippen LogP contribution is 2.26. The van der Waals surface area contributed by atoms with Crippen molar-refractivity contribution in [3.05, 3.63) is 70.1 Å². The van der Waals surface area contributed by atoms with Gasteiger partial charge in [0.15, 0.2) is 0 Å². The van der Waals surface area contributed by atoms with Crippen LogP contribution in [0.15, 0.2) is 48.0 Å². The average molecular weight is 337 g/mol. The number of aromatic hydroxyl groups is 1. The van der Waals surface area contributed by atoms with E-state index in [1.54, 1.807) is 18.4 Å². The van der Waals surface area contributed by atoms with Gasteiger partial charge in [-0.25, -0.2) is 0 Å². The minimum Gasteiger partial charge on any atom is -0.506 e. The lowest BCUT2D eigenvalue weighted by molar-refractivity contribution is 0.281. The van der Waals surface area contributed by atoms with Crippen LogP contribution in [0.5, 0.6) is 5.75 Å². The van der Waals surface area contributed by atoms with Crippen LogP contribution in [0.2, 0.25) is 0 Å². The van der Waals surface area contributed by atoms with Crippen LogP contribution >= 0.6 is 0 Å². The Balaban J connectivity index is 0.000000970. The molecule has 0 radical (unpaired) electrons. The van der Waals surface area contributed by atoms with Gasteiger partial charge in [-0.2, -0.15) is 0 Å². The monoisotopic (exact) mass is 337 g/mol. The molecule has 0 saturated carbocycles. The summed E-state index contributed by atoms with van der Waals surface area (Å²) in [6, 6.07) is 9.20. The molecule has 0 amide bonds. The second kappa shape index (κ2) is 10.3. The Kier molecular flexibility index (Phi) is 8.37. The lowest BCUT2D eigenvalue weighted by Gasteiger charge is -2.05. The summed E-state index contributed by atoms with van der Waals surface area (Å²) in [4.78, 5) is 4.41. The van der Waals surface area contributed by atoms with Crippen molar-refractivity contribution in [3.63, 3.8) is 0 Å². The zero-order valence-corrected chi connectivity index (χ0v) is 15.5. The van der Waals surface area contributed by atoms with Crippen LogP contribution in [-0.2, 0) is 6.61 Å². The Labute approximate surface area is 150 Å². The Morgan fingerprint density at radius 1 is 1.08 bits per heavy atom. The summed E-state index contributed by atoms with van der Waals surface area (Å²) >= 11 is 0. The van der Waals surface area contributed by atoms with Crippen LogP contribution in [0.25, 0.3) is 12.2 Å². The number of aliphatic hydroxyl groups excluding tert-OH is 1. The van der Waals surface area contributed by atoms with Gasteiger partial charge >= 0.3 is 0 Å². The maximum absolute atomic E-state index is 9.89. The molecule has 3 heteroatoms. The molecule has 2 N–H and O–H groups in total. The van der Waals surface area contributed by atoms with Crippen molar-refractivity contribution in [2.75, 3.05) is 0 Å². The number of aryl methyl sites for hydroxylation is 1. The van der Waals surface area contributed by atoms with Gasteiger partial charge in [-0.15, -0.1) is 6.58 Å². The Hall–Kier alpha value is -2.65. The third-order valence-corrected chi connectivity index (χ3v) is 3.64. The highest BCUT2D eigenvalue weighted by Gasteiger charge is 2.03. The molecule has 132 valence electrons. The first-order valence-corrected chi connectivity index (χ1v) is 8.28. The van der Waals surface area contributed by atoms with Crippen molar-refractivity contribution in [1.82, 2.24) is 0 Å². The fraction of sp³-hybridized carbons (Fsp3) is 0.227. The third-order valence-electron chi connectivity index (χ3n) is 3.64. The van der Waals surface area contributed by atoms with Crippen molar-refractivity contribution in [3.8, 4) is 5.75 Å². The Bertz CT molecular complexity index is 864. The SMILES string of the molecule is C/C=c1/ccc(CO)c(C=Nc2cc(C)ccc2O)/c1=C/C.C=CC. The molecule has 3 nitrogen and oxygen atoms in total. The summed E-state index contributed by atoms with van der Waals surface area (Å²) in [6.07, 6.45) is 7.49. The van der Waals surface area contributed by atoms with Gasteiger partial charge in [0.2, 0.25) is 0 Å². The van der Waals surface area contributed by atoms with Crippen molar-refractivity contribution in [1.29, 1.82) is 0 Å². The number of benzene rings is 2. The Morgan fingerprint density at radius 3 is 2.32 bits per heavy atom. The van der Waals surface area contributed by atoms with E-state index < -0.39 is 0 Å². The molecular formula is C22H27NO2. The fourth-order valence-electron chi connectivity index (χ4n) is 2.43. The topological polar surface area (TPSA) is 52.8 Å². The van der Waals surface area contributed by atoms with Crippen molar-refractivity contribution >= 4 is 24.1 Å². The summed E-state index contributed by atoms with van der Waals surface area (Å²) in [6.45, 7) is 11.1. The van der Waals surface area contributed by atoms with Crippen molar-refractivity contribution < 1.29 is 10.2 Å². The standard InChI is InChI=1S/C19H21NO2.C3H6/c1-4-14-7-8-15(12-21)17(16(14)5-2)11-20-18-10-13(3)6-9-19(18)22;1-3-2/h4-11,21-22H,12H2,1-3H3;3H,1H2,2H3/b14-4-,16-5+,20-11?;. The zero-order valence-electron chi connectivity index (χ0n) is 15.5. The van der Waals surface area contributed by atoms with E-state index in [4.69, 9.17) is 0 Å². The highest BCUT2D eigenvalue weighted by atomic mass is 16.3. The normalized spacial score (nSPS) is 12.2. The summed E-state index contributed by atoms with van der Waals surface area (Å²) in [5, 5.41) is 21.6. The summed E-state index contributed by atoms with van der Waals surface area (Å²) in [7, 11) is 0. The lowest BCUT2D eigenvalue weighted by Crippen LogP contribution is -2.29. The second-order valence-corrected chi connectivity index (χ2v) is 5.54. The molecule has 0 saturated heterocycles. The number of allylic oxidation sites excluding steroid dienone is 1. The molecule has 0 aromatic heterocycles. The first kappa shape index (κ1) is 20.4. The van der Waals surface area contributed by atoms with Gasteiger partial charge in [-0.1, -0.05) is 36.4 Å². The Morgan fingerprint density at radius 2 is 1.76 bits per heavy atom. The molecule has 2 aromatic carbocycles. The molecule has 0 heterocycles. The summed E-state index contributed by atoms with van der Waals surface area (Å²) < 4.78 is 0. The fourth-order valence-corrected chi connectivity index (χ4v) is 2.43. The molecule has 0 spiro atoms. The van der Waals surface area contributed by atoms with E-state index >= 15 is 0 Å². The van der Waals surface area contributed by atoms with E-state index in [0.29, 0.717) is 5.69 Å². The van der Waals surface area contributed by atoms with E-state index in [-0.39, 0.29) is 12.4 Å². The predicted octanol–water partition coefficient (Wildman–Crippen LogP) is 3.74. The number of nitrogens with zero attached hydrogens (tertiary/aromatic N) is 1. The molecule has 0 bridgehead atoms. The maximum atomic E-state index is 9.89. The molecule has 2 aromatic rings. The number of hydrogen-bond acceptors (Lipinski definition) is 3. The number of aliphatic hydroxyl groups is 1. The van der Waals surface area contributed by atoms with Crippen LogP contribution in [0.3, 0.4) is 0 Å². The van der Waals surface area contributed by atoms with Gasteiger partial charge < -0.3 is 10.2 Å². The number of phenols is 1. The van der Waals surface area contributed by atoms with E-state index in [9.17, 15) is 10.2 Å². The van der Waals surface area contributed by atoms with Gasteiger partial charge in [0.05, 0.1) is 6.61 Å². The molecule has 0 aliphatic heterocycles. The van der Waals surface area contributed by atoms with Gasteiger partial charge in [0, 0.05) is 11.8 Å².